The van der Waals surface area contributed by atoms with Gasteiger partial charge < -0.3 is 10.2 Å². The monoisotopic (exact) mass is 506 g/mol. The number of benzene rings is 2. The Labute approximate surface area is 171 Å². The van der Waals surface area contributed by atoms with Crippen molar-refractivity contribution in [2.24, 2.45) is 0 Å². The van der Waals surface area contributed by atoms with Crippen molar-refractivity contribution in [1.82, 2.24) is 0 Å². The van der Waals surface area contributed by atoms with Gasteiger partial charge in [-0.25, -0.2) is 13.2 Å². The molecule has 2 rings (SSSR count). The van der Waals surface area contributed by atoms with Crippen LogP contribution in [-0.4, -0.2) is 32.2 Å². The lowest BCUT2D eigenvalue weighted by Gasteiger charge is -2.24. The fourth-order valence-corrected chi connectivity index (χ4v) is 4.16. The summed E-state index contributed by atoms with van der Waals surface area (Å²) in [6.45, 7) is 1.10. The van der Waals surface area contributed by atoms with E-state index in [1.165, 1.54) is 30.1 Å². The van der Waals surface area contributed by atoms with Gasteiger partial charge in [-0.2, -0.15) is 0 Å². The lowest BCUT2D eigenvalue weighted by Crippen LogP contribution is -2.25. The number of alkyl halides is 2. The molecule has 0 fully saturated rings. The summed E-state index contributed by atoms with van der Waals surface area (Å²) in [5, 5.41) is 2.44. The number of anilines is 2. The SMILES string of the molecule is Cc1ccc(F)cc1C(=O)c1c(Br)cc(N(C)CC(F)F)c(NC=O)c1Br. The lowest BCUT2D eigenvalue weighted by atomic mass is 9.98. The van der Waals surface area contributed by atoms with Crippen LogP contribution in [0.3, 0.4) is 0 Å². The van der Waals surface area contributed by atoms with Crippen LogP contribution in [-0.2, 0) is 4.79 Å². The van der Waals surface area contributed by atoms with E-state index in [0.717, 1.165) is 6.07 Å². The molecule has 0 heterocycles. The number of rotatable bonds is 7. The van der Waals surface area contributed by atoms with Crippen molar-refractivity contribution in [3.8, 4) is 0 Å². The number of nitrogens with zero attached hydrogens (tertiary/aromatic N) is 1. The molecule has 2 aromatic carbocycles. The Morgan fingerprint density at radius 1 is 1.30 bits per heavy atom. The van der Waals surface area contributed by atoms with Crippen LogP contribution >= 0.6 is 31.9 Å². The maximum atomic E-state index is 13.6. The quantitative estimate of drug-likeness (QED) is 0.416. The number of hydrogen-bond acceptors (Lipinski definition) is 3. The molecule has 9 heteroatoms. The third kappa shape index (κ3) is 4.70. The summed E-state index contributed by atoms with van der Waals surface area (Å²) in [5.74, 6) is -1.04. The fraction of sp³-hybridized carbons (Fsp3) is 0.222. The molecule has 2 aromatic rings. The van der Waals surface area contributed by atoms with E-state index in [2.05, 4.69) is 37.2 Å². The second-order valence-electron chi connectivity index (χ2n) is 5.76. The molecule has 0 unspecified atom stereocenters. The number of carbonyl (C=O) groups excluding carboxylic acids is 2. The highest BCUT2D eigenvalue weighted by molar-refractivity contribution is 9.11. The highest BCUT2D eigenvalue weighted by Crippen LogP contribution is 2.41. The first-order chi connectivity index (χ1) is 12.7. The molecule has 0 radical (unpaired) electrons. The van der Waals surface area contributed by atoms with Gasteiger partial charge >= 0.3 is 0 Å². The van der Waals surface area contributed by atoms with Crippen molar-refractivity contribution in [2.75, 3.05) is 23.8 Å². The van der Waals surface area contributed by atoms with Crippen molar-refractivity contribution < 1.29 is 22.8 Å². The van der Waals surface area contributed by atoms with E-state index in [-0.39, 0.29) is 27.0 Å². The van der Waals surface area contributed by atoms with Gasteiger partial charge in [-0.15, -0.1) is 0 Å². The minimum Gasteiger partial charge on any atom is -0.367 e. The molecule has 0 saturated carbocycles. The van der Waals surface area contributed by atoms with Crippen molar-refractivity contribution in [3.05, 3.63) is 55.7 Å². The van der Waals surface area contributed by atoms with Crippen molar-refractivity contribution in [1.29, 1.82) is 0 Å². The Kier molecular flexibility index (Phi) is 7.05. The van der Waals surface area contributed by atoms with Gasteiger partial charge in [0.15, 0.2) is 5.78 Å². The van der Waals surface area contributed by atoms with Crippen molar-refractivity contribution in [3.63, 3.8) is 0 Å². The van der Waals surface area contributed by atoms with Gasteiger partial charge in [0.1, 0.15) is 5.82 Å². The first-order valence-corrected chi connectivity index (χ1v) is 9.28. The van der Waals surface area contributed by atoms with E-state index in [4.69, 9.17) is 0 Å². The van der Waals surface area contributed by atoms with E-state index in [0.29, 0.717) is 16.4 Å². The predicted molar refractivity (Wildman–Crippen MR) is 105 cm³/mol. The number of halogens is 5. The smallest absolute Gasteiger partial charge is 0.255 e. The number of amides is 1. The van der Waals surface area contributed by atoms with Crippen LogP contribution in [0, 0.1) is 12.7 Å². The van der Waals surface area contributed by atoms with Crippen LogP contribution in [0.1, 0.15) is 21.5 Å². The van der Waals surface area contributed by atoms with Crippen LogP contribution in [0.2, 0.25) is 0 Å². The lowest BCUT2D eigenvalue weighted by molar-refractivity contribution is -0.105. The van der Waals surface area contributed by atoms with E-state index in [1.54, 1.807) is 6.92 Å². The molecule has 0 aliphatic rings. The van der Waals surface area contributed by atoms with Gasteiger partial charge in [-0.3, -0.25) is 9.59 Å². The van der Waals surface area contributed by atoms with E-state index in [9.17, 15) is 22.8 Å². The molecule has 0 saturated heterocycles. The van der Waals surface area contributed by atoms with Gasteiger partial charge in [0.25, 0.3) is 6.43 Å². The largest absolute Gasteiger partial charge is 0.367 e. The Balaban J connectivity index is 2.64. The Hall–Kier alpha value is -1.87. The van der Waals surface area contributed by atoms with E-state index < -0.39 is 24.6 Å². The molecular weight excluding hydrogens is 493 g/mol. The molecule has 144 valence electrons. The van der Waals surface area contributed by atoms with Crippen LogP contribution < -0.4 is 10.2 Å². The summed E-state index contributed by atoms with van der Waals surface area (Å²) in [5.41, 5.74) is 1.32. The summed E-state index contributed by atoms with van der Waals surface area (Å²) >= 11 is 6.56. The maximum absolute atomic E-state index is 13.6. The average Bonchev–Trinajstić information content (AvgIpc) is 2.58. The summed E-state index contributed by atoms with van der Waals surface area (Å²) in [6, 6.07) is 5.32. The predicted octanol–water partition coefficient (Wildman–Crippen LogP) is 5.16. The first kappa shape index (κ1) is 21.4. The standard InChI is InChI=1S/C18H15Br2F3N2O2/c1-9-3-4-10(21)5-11(9)18(27)15-12(19)6-13(25(2)7-14(22)23)17(16(15)20)24-8-26/h3-6,8,14H,7H2,1-2H3,(H,24,26). The van der Waals surface area contributed by atoms with E-state index >= 15 is 0 Å². The molecule has 1 amide bonds. The summed E-state index contributed by atoms with van der Waals surface area (Å²) in [6.07, 6.45) is -2.21. The topological polar surface area (TPSA) is 49.4 Å². The Bertz CT molecular complexity index is 891. The molecule has 0 bridgehead atoms. The zero-order chi connectivity index (χ0) is 20.3. The number of carbonyl (C=O) groups is 2. The minimum atomic E-state index is -2.59. The molecule has 0 spiro atoms. The van der Waals surface area contributed by atoms with Crippen LogP contribution in [0.25, 0.3) is 0 Å². The molecule has 0 aromatic heterocycles. The van der Waals surface area contributed by atoms with Gasteiger partial charge in [0.05, 0.1) is 28.0 Å². The molecule has 0 aliphatic carbocycles. The third-order valence-corrected chi connectivity index (χ3v) is 5.31. The molecule has 0 aliphatic heterocycles. The van der Waals surface area contributed by atoms with Gasteiger partial charge in [0.2, 0.25) is 6.41 Å². The maximum Gasteiger partial charge on any atom is 0.255 e. The number of aryl methyl sites for hydroxylation is 1. The first-order valence-electron chi connectivity index (χ1n) is 7.69. The third-order valence-electron chi connectivity index (χ3n) is 3.90. The number of hydrogen-bond donors (Lipinski definition) is 1. The van der Waals surface area contributed by atoms with Gasteiger partial charge in [-0.05, 0) is 62.5 Å². The van der Waals surface area contributed by atoms with Gasteiger partial charge in [0, 0.05) is 17.1 Å². The fourth-order valence-electron chi connectivity index (χ4n) is 2.59. The molecule has 27 heavy (non-hydrogen) atoms. The minimum absolute atomic E-state index is 0.141. The van der Waals surface area contributed by atoms with Crippen LogP contribution in [0.5, 0.6) is 0 Å². The number of nitrogens with one attached hydrogen (secondary N) is 1. The molecule has 1 N–H and O–H groups in total. The average molecular weight is 508 g/mol. The summed E-state index contributed by atoms with van der Waals surface area (Å²) in [4.78, 5) is 25.3. The summed E-state index contributed by atoms with van der Waals surface area (Å²) in [7, 11) is 1.44. The second-order valence-corrected chi connectivity index (χ2v) is 7.41. The zero-order valence-electron chi connectivity index (χ0n) is 14.3. The normalized spacial score (nSPS) is 10.8. The van der Waals surface area contributed by atoms with E-state index in [1.807, 2.05) is 0 Å². The van der Waals surface area contributed by atoms with Crippen LogP contribution in [0.15, 0.2) is 33.2 Å². The van der Waals surface area contributed by atoms with Crippen LogP contribution in [0.4, 0.5) is 24.5 Å². The van der Waals surface area contributed by atoms with Gasteiger partial charge in [-0.1, -0.05) is 6.07 Å². The molecular formula is C18H15Br2F3N2O2. The Morgan fingerprint density at radius 2 is 1.96 bits per heavy atom. The van der Waals surface area contributed by atoms with Crippen molar-refractivity contribution >= 4 is 55.4 Å². The second kappa shape index (κ2) is 8.88. The molecule has 0 atom stereocenters. The highest BCUT2D eigenvalue weighted by Gasteiger charge is 2.25. The number of ketones is 1. The molecule has 4 nitrogen and oxygen atoms in total. The highest BCUT2D eigenvalue weighted by atomic mass is 79.9. The Morgan fingerprint density at radius 3 is 2.56 bits per heavy atom. The summed E-state index contributed by atoms with van der Waals surface area (Å²) < 4.78 is 39.6. The van der Waals surface area contributed by atoms with Crippen molar-refractivity contribution in [2.45, 2.75) is 13.3 Å². The zero-order valence-corrected chi connectivity index (χ0v) is 17.5.